The van der Waals surface area contributed by atoms with E-state index >= 15 is 0 Å². The minimum atomic E-state index is -1.13. The number of halogens is 2. The number of benzene rings is 2. The summed E-state index contributed by atoms with van der Waals surface area (Å²) in [5.74, 6) is -1.38. The number of thiocarbonyl (C=S) groups is 1. The van der Waals surface area contributed by atoms with Crippen LogP contribution >= 0.6 is 47.2 Å². The molecule has 0 aromatic heterocycles. The van der Waals surface area contributed by atoms with E-state index in [1.54, 1.807) is 30.3 Å². The van der Waals surface area contributed by atoms with Gasteiger partial charge in [-0.1, -0.05) is 53.2 Å². The van der Waals surface area contributed by atoms with Crippen molar-refractivity contribution in [2.45, 2.75) is 0 Å². The molecule has 8 nitrogen and oxygen atoms in total. The highest BCUT2D eigenvalue weighted by molar-refractivity contribution is 8.26. The van der Waals surface area contributed by atoms with Crippen LogP contribution in [0.1, 0.15) is 5.56 Å². The predicted molar refractivity (Wildman–Crippen MR) is 123 cm³/mol. The Balaban J connectivity index is 1.71. The first-order valence-corrected chi connectivity index (χ1v) is 10.5. The standard InChI is InChI=1S/C19H13Cl2N3O5S2/c20-12-6-5-11(8-13(12)21)22-18(28)23-24-17(27)15(31-19(24)30)7-10-3-1-2-4-14(10)29-9-16(25)26/h1-8H,9H2,(H,25,26)(H2,22,23,28)/b15-7+. The van der Waals surface area contributed by atoms with E-state index < -0.39 is 24.5 Å². The van der Waals surface area contributed by atoms with Crippen LogP contribution in [0.25, 0.3) is 6.08 Å². The van der Waals surface area contributed by atoms with Crippen LogP contribution in [0.15, 0.2) is 47.4 Å². The summed E-state index contributed by atoms with van der Waals surface area (Å²) in [6.07, 6.45) is 1.51. The van der Waals surface area contributed by atoms with Crippen molar-refractivity contribution < 1.29 is 24.2 Å². The molecule has 1 aliphatic heterocycles. The Morgan fingerprint density at radius 1 is 1.19 bits per heavy atom. The minimum Gasteiger partial charge on any atom is -0.481 e. The highest BCUT2D eigenvalue weighted by atomic mass is 35.5. The lowest BCUT2D eigenvalue weighted by molar-refractivity contribution is -0.139. The molecule has 31 heavy (non-hydrogen) atoms. The molecule has 3 rings (SSSR count). The number of nitrogens with one attached hydrogen (secondary N) is 2. The zero-order valence-electron chi connectivity index (χ0n) is 15.4. The monoisotopic (exact) mass is 497 g/mol. The SMILES string of the molecule is O=C(O)COc1ccccc1/C=C1/SC(=S)N(NC(=O)Nc2ccc(Cl)c(Cl)c2)C1=O. The van der Waals surface area contributed by atoms with Gasteiger partial charge in [0, 0.05) is 11.3 Å². The van der Waals surface area contributed by atoms with Crippen molar-refractivity contribution in [2.24, 2.45) is 0 Å². The highest BCUT2D eigenvalue weighted by Gasteiger charge is 2.34. The molecule has 0 saturated carbocycles. The Hall–Kier alpha value is -2.79. The third kappa shape index (κ3) is 5.88. The predicted octanol–water partition coefficient (Wildman–Crippen LogP) is 4.39. The summed E-state index contributed by atoms with van der Waals surface area (Å²) in [4.78, 5) is 36.0. The summed E-state index contributed by atoms with van der Waals surface area (Å²) in [7, 11) is 0. The van der Waals surface area contributed by atoms with Gasteiger partial charge in [0.2, 0.25) is 0 Å². The lowest BCUT2D eigenvalue weighted by Gasteiger charge is -2.16. The lowest BCUT2D eigenvalue weighted by atomic mass is 10.2. The van der Waals surface area contributed by atoms with Crippen LogP contribution in [0.3, 0.4) is 0 Å². The summed E-state index contributed by atoms with van der Waals surface area (Å²) in [5, 5.41) is 12.9. The molecule has 0 unspecified atom stereocenters. The van der Waals surface area contributed by atoms with Crippen molar-refractivity contribution in [3.05, 3.63) is 63.0 Å². The van der Waals surface area contributed by atoms with Gasteiger partial charge in [-0.2, -0.15) is 5.01 Å². The molecule has 0 atom stereocenters. The van der Waals surface area contributed by atoms with Crippen LogP contribution < -0.4 is 15.5 Å². The molecule has 1 heterocycles. The minimum absolute atomic E-state index is 0.115. The van der Waals surface area contributed by atoms with Crippen molar-refractivity contribution in [3.63, 3.8) is 0 Å². The second-order valence-electron chi connectivity index (χ2n) is 5.93. The van der Waals surface area contributed by atoms with E-state index in [4.69, 9.17) is 45.3 Å². The summed E-state index contributed by atoms with van der Waals surface area (Å²) < 4.78 is 5.35. The zero-order chi connectivity index (χ0) is 22.5. The number of hydrazine groups is 1. The average Bonchev–Trinajstić information content (AvgIpc) is 2.97. The number of thioether (sulfide) groups is 1. The first kappa shape index (κ1) is 22.9. The quantitative estimate of drug-likeness (QED) is 0.401. The van der Waals surface area contributed by atoms with Crippen LogP contribution in [0.2, 0.25) is 10.0 Å². The molecule has 0 aliphatic carbocycles. The maximum absolute atomic E-state index is 12.7. The number of amides is 3. The number of carboxylic acid groups (broad SMARTS) is 1. The van der Waals surface area contributed by atoms with Crippen molar-refractivity contribution >= 4 is 81.2 Å². The second kappa shape index (κ2) is 10.0. The fraction of sp³-hybridized carbons (Fsp3) is 0.0526. The number of aliphatic carboxylic acids is 1. The van der Waals surface area contributed by atoms with E-state index in [1.807, 2.05) is 0 Å². The van der Waals surface area contributed by atoms with E-state index in [2.05, 4.69) is 10.7 Å². The van der Waals surface area contributed by atoms with Crippen LogP contribution in [-0.2, 0) is 9.59 Å². The Labute approximate surface area is 196 Å². The summed E-state index contributed by atoms with van der Waals surface area (Å²) in [5.41, 5.74) is 3.24. The van der Waals surface area contributed by atoms with Crippen LogP contribution in [0.5, 0.6) is 5.75 Å². The Morgan fingerprint density at radius 3 is 2.65 bits per heavy atom. The van der Waals surface area contributed by atoms with Gasteiger partial charge in [-0.25, -0.2) is 15.0 Å². The molecule has 2 aromatic rings. The smallest absolute Gasteiger partial charge is 0.341 e. The molecule has 160 valence electrons. The van der Waals surface area contributed by atoms with Gasteiger partial charge in [0.15, 0.2) is 10.9 Å². The zero-order valence-corrected chi connectivity index (χ0v) is 18.6. The summed E-state index contributed by atoms with van der Waals surface area (Å²) in [6, 6.07) is 10.4. The van der Waals surface area contributed by atoms with E-state index in [9.17, 15) is 14.4 Å². The topological polar surface area (TPSA) is 108 Å². The number of nitrogens with zero attached hydrogens (tertiary/aromatic N) is 1. The van der Waals surface area contributed by atoms with Gasteiger partial charge in [-0.3, -0.25) is 4.79 Å². The molecule has 0 spiro atoms. The van der Waals surface area contributed by atoms with Gasteiger partial charge in [0.1, 0.15) is 5.75 Å². The van der Waals surface area contributed by atoms with Gasteiger partial charge >= 0.3 is 12.0 Å². The van der Waals surface area contributed by atoms with Gasteiger partial charge in [0.05, 0.1) is 15.0 Å². The first-order valence-electron chi connectivity index (χ1n) is 8.49. The number of hydrogen-bond donors (Lipinski definition) is 3. The van der Waals surface area contributed by atoms with Gasteiger partial charge in [-0.05, 0) is 42.6 Å². The van der Waals surface area contributed by atoms with Crippen LogP contribution in [0, 0.1) is 0 Å². The van der Waals surface area contributed by atoms with Crippen molar-refractivity contribution in [1.29, 1.82) is 0 Å². The number of para-hydroxylation sites is 1. The van der Waals surface area contributed by atoms with E-state index in [1.165, 1.54) is 18.2 Å². The van der Waals surface area contributed by atoms with E-state index in [0.29, 0.717) is 22.0 Å². The van der Waals surface area contributed by atoms with Gasteiger partial charge in [0.25, 0.3) is 5.91 Å². The molecule has 2 aromatic carbocycles. The first-order chi connectivity index (χ1) is 14.7. The van der Waals surface area contributed by atoms with Crippen molar-refractivity contribution in [3.8, 4) is 5.75 Å². The molecule has 3 N–H and O–H groups in total. The fourth-order valence-corrected chi connectivity index (χ4v) is 3.88. The molecule has 3 amide bonds. The molecule has 0 radical (unpaired) electrons. The number of hydrogen-bond acceptors (Lipinski definition) is 6. The van der Waals surface area contributed by atoms with Crippen LogP contribution in [-0.4, -0.2) is 39.0 Å². The molecule has 12 heteroatoms. The Kier molecular flexibility index (Phi) is 7.39. The Morgan fingerprint density at radius 2 is 1.94 bits per heavy atom. The number of carboxylic acids is 1. The van der Waals surface area contributed by atoms with Crippen molar-refractivity contribution in [1.82, 2.24) is 10.4 Å². The number of rotatable bonds is 6. The number of carbonyl (C=O) groups is 3. The normalized spacial score (nSPS) is 14.6. The van der Waals surface area contributed by atoms with E-state index in [-0.39, 0.29) is 14.2 Å². The van der Waals surface area contributed by atoms with Gasteiger partial charge < -0.3 is 15.2 Å². The molecule has 1 fully saturated rings. The third-order valence-electron chi connectivity index (χ3n) is 3.74. The maximum atomic E-state index is 12.7. The average molecular weight is 498 g/mol. The number of ether oxygens (including phenoxy) is 1. The van der Waals surface area contributed by atoms with Crippen molar-refractivity contribution in [2.75, 3.05) is 11.9 Å². The maximum Gasteiger partial charge on any atom is 0.341 e. The number of urea groups is 1. The van der Waals surface area contributed by atoms with E-state index in [0.717, 1.165) is 16.8 Å². The summed E-state index contributed by atoms with van der Waals surface area (Å²) >= 11 is 17.9. The van der Waals surface area contributed by atoms with Gasteiger partial charge in [-0.15, -0.1) is 0 Å². The number of anilines is 1. The fourth-order valence-electron chi connectivity index (χ4n) is 2.41. The molecular weight excluding hydrogens is 485 g/mol. The lowest BCUT2D eigenvalue weighted by Crippen LogP contribution is -2.46. The second-order valence-corrected chi connectivity index (χ2v) is 8.42. The Bertz CT molecular complexity index is 1110. The van der Waals surface area contributed by atoms with Crippen LogP contribution in [0.4, 0.5) is 10.5 Å². The molecule has 1 aliphatic rings. The molecular formula is C19H13Cl2N3O5S2. The molecule has 1 saturated heterocycles. The third-order valence-corrected chi connectivity index (χ3v) is 5.78. The summed E-state index contributed by atoms with van der Waals surface area (Å²) in [6.45, 7) is -0.526. The molecule has 0 bridgehead atoms. The number of carbonyl (C=O) groups excluding carboxylic acids is 2. The largest absolute Gasteiger partial charge is 0.481 e. The highest BCUT2D eigenvalue weighted by Crippen LogP contribution is 2.33.